The summed E-state index contributed by atoms with van der Waals surface area (Å²) < 4.78 is 13.1. The summed E-state index contributed by atoms with van der Waals surface area (Å²) >= 11 is 0. The van der Waals surface area contributed by atoms with Crippen LogP contribution < -0.4 is 0 Å². The number of rotatable bonds is 8. The number of ether oxygens (including phenoxy) is 1. The third-order valence-corrected chi connectivity index (χ3v) is 7.33. The lowest BCUT2D eigenvalue weighted by atomic mass is 9.79. The lowest BCUT2D eigenvalue weighted by molar-refractivity contribution is 0.0785. The van der Waals surface area contributed by atoms with Crippen LogP contribution in [0.4, 0.5) is 0 Å². The predicted octanol–water partition coefficient (Wildman–Crippen LogP) is 5.64. The summed E-state index contributed by atoms with van der Waals surface area (Å²) in [7, 11) is 1.78. The van der Waals surface area contributed by atoms with Gasteiger partial charge in [0.25, 0.3) is 5.89 Å². The number of benzene rings is 2. The minimum Gasteiger partial charge on any atom is -0.386 e. The van der Waals surface area contributed by atoms with Gasteiger partial charge in [-0.15, -0.1) is 0 Å². The number of nitrogens with zero attached hydrogens (tertiary/aromatic N) is 4. The van der Waals surface area contributed by atoms with E-state index in [9.17, 15) is 5.11 Å². The minimum absolute atomic E-state index is 0.118. The van der Waals surface area contributed by atoms with Crippen LogP contribution in [0.2, 0.25) is 0 Å². The highest BCUT2D eigenvalue weighted by Crippen LogP contribution is 2.41. The zero-order chi connectivity index (χ0) is 25.3. The third-order valence-electron chi connectivity index (χ3n) is 7.33. The smallest absolute Gasteiger partial charge is 0.278 e. The first-order chi connectivity index (χ1) is 17.3. The molecule has 7 nitrogen and oxygen atoms in total. The van der Waals surface area contributed by atoms with Gasteiger partial charge in [0.2, 0.25) is 5.82 Å². The summed E-state index contributed by atoms with van der Waals surface area (Å²) in [4.78, 5) is 4.63. The minimum atomic E-state index is -0.889. The van der Waals surface area contributed by atoms with Gasteiger partial charge in [-0.3, -0.25) is 4.68 Å². The molecule has 2 aromatic carbocycles. The summed E-state index contributed by atoms with van der Waals surface area (Å²) in [5, 5.41) is 19.3. The molecule has 1 saturated carbocycles. The van der Waals surface area contributed by atoms with Gasteiger partial charge in [-0.2, -0.15) is 10.1 Å². The number of hydrogen-bond donors (Lipinski definition) is 1. The predicted molar refractivity (Wildman–Crippen MR) is 139 cm³/mol. The number of aryl methyl sites for hydroxylation is 1. The molecule has 0 amide bonds. The highest BCUT2D eigenvalue weighted by atomic mass is 16.5. The molecule has 0 unspecified atom stereocenters. The van der Waals surface area contributed by atoms with E-state index in [-0.39, 0.29) is 5.41 Å². The van der Waals surface area contributed by atoms with Crippen LogP contribution in [0.5, 0.6) is 0 Å². The first-order valence-corrected chi connectivity index (χ1v) is 12.6. The van der Waals surface area contributed by atoms with E-state index in [2.05, 4.69) is 34.4 Å². The molecule has 0 radical (unpaired) electrons. The van der Waals surface area contributed by atoms with E-state index in [0.717, 1.165) is 41.8 Å². The van der Waals surface area contributed by atoms with E-state index in [1.54, 1.807) is 21.0 Å². The van der Waals surface area contributed by atoms with Gasteiger partial charge in [0.05, 0.1) is 18.8 Å². The molecule has 2 aromatic heterocycles. The zero-order valence-electron chi connectivity index (χ0n) is 21.5. The first-order valence-electron chi connectivity index (χ1n) is 12.6. The molecule has 4 aromatic rings. The van der Waals surface area contributed by atoms with Crippen molar-refractivity contribution in [1.29, 1.82) is 0 Å². The van der Waals surface area contributed by atoms with Crippen LogP contribution >= 0.6 is 0 Å². The molecule has 1 fully saturated rings. The normalized spacial score (nSPS) is 15.5. The van der Waals surface area contributed by atoms with E-state index in [0.29, 0.717) is 24.0 Å². The Morgan fingerprint density at radius 3 is 2.53 bits per heavy atom. The Balaban J connectivity index is 1.34. The van der Waals surface area contributed by atoms with Gasteiger partial charge in [-0.05, 0) is 56.4 Å². The topological polar surface area (TPSA) is 86.2 Å². The molecular weight excluding hydrogens is 452 g/mol. The summed E-state index contributed by atoms with van der Waals surface area (Å²) in [6, 6.07) is 18.4. The monoisotopic (exact) mass is 486 g/mol. The van der Waals surface area contributed by atoms with Crippen LogP contribution in [0, 0.1) is 6.92 Å². The van der Waals surface area contributed by atoms with Gasteiger partial charge < -0.3 is 14.4 Å². The number of aromatic nitrogens is 4. The molecule has 2 heterocycles. The summed E-state index contributed by atoms with van der Waals surface area (Å²) in [5.74, 6) is 0.946. The van der Waals surface area contributed by atoms with Crippen LogP contribution in [0.3, 0.4) is 0 Å². The fourth-order valence-corrected chi connectivity index (χ4v) is 5.26. The van der Waals surface area contributed by atoms with Crippen molar-refractivity contribution in [3.05, 3.63) is 77.0 Å². The van der Waals surface area contributed by atoms with E-state index >= 15 is 0 Å². The Hall–Kier alpha value is -3.29. The van der Waals surface area contributed by atoms with Gasteiger partial charge in [0, 0.05) is 23.8 Å². The fraction of sp³-hybridized carbons (Fsp3) is 0.414. The average molecular weight is 487 g/mol. The molecule has 188 valence electrons. The Labute approximate surface area is 212 Å². The largest absolute Gasteiger partial charge is 0.386 e. The van der Waals surface area contributed by atoms with E-state index in [1.807, 2.05) is 41.9 Å². The summed E-state index contributed by atoms with van der Waals surface area (Å²) in [5.41, 5.74) is 5.03. The van der Waals surface area contributed by atoms with Gasteiger partial charge in [-0.25, -0.2) is 0 Å². The molecule has 1 aliphatic rings. The Morgan fingerprint density at radius 1 is 1.08 bits per heavy atom. The summed E-state index contributed by atoms with van der Waals surface area (Å²) in [6.07, 6.45) is 4.82. The molecule has 36 heavy (non-hydrogen) atoms. The van der Waals surface area contributed by atoms with Crippen LogP contribution in [0.15, 0.2) is 59.1 Å². The maximum atomic E-state index is 10.3. The molecule has 0 atom stereocenters. The quantitative estimate of drug-likeness (QED) is 0.347. The highest BCUT2D eigenvalue weighted by molar-refractivity contribution is 5.58. The molecule has 7 heteroatoms. The van der Waals surface area contributed by atoms with Crippen molar-refractivity contribution < 1.29 is 14.4 Å². The number of aliphatic hydroxyl groups is 1. The molecule has 1 N–H and O–H groups in total. The van der Waals surface area contributed by atoms with E-state index in [1.165, 1.54) is 18.4 Å². The zero-order valence-corrected chi connectivity index (χ0v) is 21.5. The second-order valence-electron chi connectivity index (χ2n) is 10.5. The van der Waals surface area contributed by atoms with Gasteiger partial charge in [0.1, 0.15) is 0 Å². The van der Waals surface area contributed by atoms with Crippen molar-refractivity contribution in [2.24, 2.45) is 0 Å². The molecule has 0 bridgehead atoms. The molecule has 0 spiro atoms. The Kier molecular flexibility index (Phi) is 6.53. The van der Waals surface area contributed by atoms with Crippen LogP contribution in [-0.2, 0) is 22.3 Å². The molecule has 0 saturated heterocycles. The molecule has 5 rings (SSSR count). The van der Waals surface area contributed by atoms with E-state index in [4.69, 9.17) is 14.4 Å². The van der Waals surface area contributed by atoms with Gasteiger partial charge in [-0.1, -0.05) is 66.5 Å². The van der Waals surface area contributed by atoms with Crippen molar-refractivity contribution in [3.8, 4) is 23.0 Å². The number of methoxy groups -OCH3 is 1. The molecule has 1 aliphatic carbocycles. The highest BCUT2D eigenvalue weighted by Gasteiger charge is 2.35. The van der Waals surface area contributed by atoms with Gasteiger partial charge >= 0.3 is 0 Å². The van der Waals surface area contributed by atoms with Crippen molar-refractivity contribution in [1.82, 2.24) is 19.9 Å². The maximum absolute atomic E-state index is 10.3. The first kappa shape index (κ1) is 24.4. The van der Waals surface area contributed by atoms with Crippen LogP contribution in [-0.4, -0.2) is 38.7 Å². The fourth-order valence-electron chi connectivity index (χ4n) is 5.26. The van der Waals surface area contributed by atoms with Gasteiger partial charge in [0.15, 0.2) is 5.69 Å². The second kappa shape index (κ2) is 9.64. The Bertz CT molecular complexity index is 1330. The van der Waals surface area contributed by atoms with Crippen LogP contribution in [0.1, 0.15) is 61.9 Å². The van der Waals surface area contributed by atoms with Crippen LogP contribution in [0.25, 0.3) is 23.0 Å². The van der Waals surface area contributed by atoms with Crippen molar-refractivity contribution in [3.63, 3.8) is 0 Å². The van der Waals surface area contributed by atoms with Crippen molar-refractivity contribution >= 4 is 0 Å². The SMILES string of the molecule is COCC1(c2ccc(-c3noc(-c4cc(C)n(Cc5cccc(C(C)(C)O)c5)n4)n3)cc2)CCCC1. The lowest BCUT2D eigenvalue weighted by Gasteiger charge is -2.28. The maximum Gasteiger partial charge on any atom is 0.278 e. The average Bonchev–Trinajstić information content (AvgIpc) is 3.61. The number of hydrogen-bond acceptors (Lipinski definition) is 6. The summed E-state index contributed by atoms with van der Waals surface area (Å²) in [6.45, 7) is 6.92. The second-order valence-corrected chi connectivity index (χ2v) is 10.5. The molecule has 0 aliphatic heterocycles. The lowest BCUT2D eigenvalue weighted by Crippen LogP contribution is -2.27. The van der Waals surface area contributed by atoms with E-state index < -0.39 is 5.60 Å². The third kappa shape index (κ3) is 4.86. The van der Waals surface area contributed by atoms with Crippen molar-refractivity contribution in [2.45, 2.75) is 64.0 Å². The Morgan fingerprint density at radius 2 is 1.83 bits per heavy atom. The molecular formula is C29H34N4O3. The van der Waals surface area contributed by atoms with Crippen molar-refractivity contribution in [2.75, 3.05) is 13.7 Å². The standard InChI is InChI=1S/C29H34N4O3/c1-20-16-25(31-33(20)18-21-8-7-9-24(17-21)28(2,3)34)27-30-26(32-36-27)22-10-12-23(13-11-22)29(19-35-4)14-5-6-15-29/h7-13,16-17,34H,5-6,14-15,18-19H2,1-4H3.